The normalized spacial score (nSPS) is 11.0. The lowest BCUT2D eigenvalue weighted by molar-refractivity contribution is 0.0532. The Hall–Kier alpha value is -2.62. The summed E-state index contributed by atoms with van der Waals surface area (Å²) in [5.74, 6) is -0.0736. The molecule has 0 aliphatic rings. The van der Waals surface area contributed by atoms with Gasteiger partial charge in [-0.2, -0.15) is 4.98 Å². The molecule has 3 aromatic heterocycles. The van der Waals surface area contributed by atoms with Gasteiger partial charge in [-0.3, -0.25) is 9.78 Å². The fraction of sp³-hybridized carbons (Fsp3) is 0.333. The van der Waals surface area contributed by atoms with Crippen molar-refractivity contribution >= 4 is 27.5 Å². The average molecular weight is 388 g/mol. The Balaban J connectivity index is 1.82. The summed E-state index contributed by atoms with van der Waals surface area (Å²) in [6.45, 7) is 1.84. The number of thiophene rings is 1. The molecule has 0 unspecified atom stereocenters. The van der Waals surface area contributed by atoms with Crippen LogP contribution in [-0.2, 0) is 9.47 Å². The molecule has 0 spiro atoms. The maximum atomic E-state index is 12.8. The maximum absolute atomic E-state index is 12.8. The zero-order valence-electron chi connectivity index (χ0n) is 15.1. The molecule has 0 saturated heterocycles. The molecule has 1 amide bonds. The van der Waals surface area contributed by atoms with Crippen LogP contribution in [0.2, 0.25) is 0 Å². The Kier molecular flexibility index (Phi) is 6.28. The second-order valence-corrected chi connectivity index (χ2v) is 6.62. The summed E-state index contributed by atoms with van der Waals surface area (Å²) in [6, 6.07) is 5.34. The molecule has 0 fully saturated rings. The fourth-order valence-corrected chi connectivity index (χ4v) is 3.28. The summed E-state index contributed by atoms with van der Waals surface area (Å²) in [6.07, 6.45) is 1.62. The summed E-state index contributed by atoms with van der Waals surface area (Å²) < 4.78 is 10.8. The van der Waals surface area contributed by atoms with E-state index < -0.39 is 0 Å². The lowest BCUT2D eigenvalue weighted by atomic mass is 10.2. The predicted molar refractivity (Wildman–Crippen MR) is 102 cm³/mol. The molecular formula is C18H20N4O4S. The van der Waals surface area contributed by atoms with Crippen LogP contribution >= 0.6 is 11.3 Å². The van der Waals surface area contributed by atoms with E-state index in [1.165, 1.54) is 11.3 Å². The van der Waals surface area contributed by atoms with E-state index in [4.69, 9.17) is 9.47 Å². The number of ether oxygens (including phenoxy) is 2. The van der Waals surface area contributed by atoms with E-state index >= 15 is 0 Å². The summed E-state index contributed by atoms with van der Waals surface area (Å²) in [5.41, 5.74) is 1.37. The third-order valence-corrected chi connectivity index (χ3v) is 4.84. The minimum atomic E-state index is -0.193. The molecule has 0 atom stereocenters. The maximum Gasteiger partial charge on any atom is 0.256 e. The van der Waals surface area contributed by atoms with Crippen LogP contribution < -0.4 is 0 Å². The Bertz CT molecular complexity index is 916. The van der Waals surface area contributed by atoms with Crippen molar-refractivity contribution in [3.8, 4) is 17.4 Å². The number of pyridine rings is 1. The van der Waals surface area contributed by atoms with E-state index in [2.05, 4.69) is 15.0 Å². The number of aromatic hydroxyl groups is 1. The van der Waals surface area contributed by atoms with Crippen molar-refractivity contribution in [1.82, 2.24) is 19.9 Å². The molecule has 9 heteroatoms. The van der Waals surface area contributed by atoms with Crippen LogP contribution in [0, 0.1) is 0 Å². The highest BCUT2D eigenvalue weighted by molar-refractivity contribution is 7.17. The van der Waals surface area contributed by atoms with Gasteiger partial charge in [0.05, 0.1) is 25.4 Å². The molecule has 3 heterocycles. The number of hydrogen-bond acceptors (Lipinski definition) is 8. The number of methoxy groups -OCH3 is 1. The number of carbonyl (C=O) groups excluding carboxylic acids is 1. The third-order valence-electron chi connectivity index (χ3n) is 3.87. The zero-order valence-corrected chi connectivity index (χ0v) is 15.9. The first-order valence-electron chi connectivity index (χ1n) is 8.33. The molecule has 0 radical (unpaired) electrons. The van der Waals surface area contributed by atoms with Crippen LogP contribution in [0.3, 0.4) is 0 Å². The fourth-order valence-electron chi connectivity index (χ4n) is 2.42. The molecule has 0 aromatic carbocycles. The molecule has 0 aliphatic carbocycles. The molecule has 3 aromatic rings. The lowest BCUT2D eigenvalue weighted by Gasteiger charge is -2.16. The lowest BCUT2D eigenvalue weighted by Crippen LogP contribution is -2.30. The van der Waals surface area contributed by atoms with Crippen LogP contribution in [0.5, 0.6) is 5.88 Å². The number of hydrogen-bond donors (Lipinski definition) is 1. The Morgan fingerprint density at radius 1 is 1.26 bits per heavy atom. The SMILES string of the molecule is COCCOCCN(C)C(=O)c1csc2c(O)nc(-c3ccccn3)nc12. The van der Waals surface area contributed by atoms with Crippen molar-refractivity contribution in [1.29, 1.82) is 0 Å². The molecular weight excluding hydrogens is 368 g/mol. The topological polar surface area (TPSA) is 97.7 Å². The first kappa shape index (κ1) is 19.2. The molecule has 1 N–H and O–H groups in total. The molecule has 0 bridgehead atoms. The predicted octanol–water partition coefficient (Wildman–Crippen LogP) is 2.19. The first-order valence-corrected chi connectivity index (χ1v) is 9.21. The van der Waals surface area contributed by atoms with Crippen LogP contribution in [-0.4, -0.2) is 71.4 Å². The van der Waals surface area contributed by atoms with E-state index in [1.54, 1.807) is 42.8 Å². The number of carbonyl (C=O) groups is 1. The van der Waals surface area contributed by atoms with Crippen molar-refractivity contribution in [2.45, 2.75) is 0 Å². The third kappa shape index (κ3) is 4.38. The highest BCUT2D eigenvalue weighted by atomic mass is 32.1. The van der Waals surface area contributed by atoms with Gasteiger partial charge in [-0.1, -0.05) is 6.07 Å². The van der Waals surface area contributed by atoms with Gasteiger partial charge in [0.2, 0.25) is 5.88 Å². The Morgan fingerprint density at radius 3 is 2.85 bits per heavy atom. The van der Waals surface area contributed by atoms with Gasteiger partial charge in [0.15, 0.2) is 5.82 Å². The van der Waals surface area contributed by atoms with Crippen molar-refractivity contribution in [2.75, 3.05) is 40.5 Å². The van der Waals surface area contributed by atoms with Crippen LogP contribution in [0.15, 0.2) is 29.8 Å². The van der Waals surface area contributed by atoms with Crippen LogP contribution in [0.1, 0.15) is 10.4 Å². The minimum absolute atomic E-state index is 0.157. The van der Waals surface area contributed by atoms with Gasteiger partial charge in [-0.15, -0.1) is 11.3 Å². The van der Waals surface area contributed by atoms with E-state index in [0.717, 1.165) is 0 Å². The first-order chi connectivity index (χ1) is 13.1. The van der Waals surface area contributed by atoms with Gasteiger partial charge in [-0.05, 0) is 12.1 Å². The number of amides is 1. The van der Waals surface area contributed by atoms with E-state index in [0.29, 0.717) is 47.8 Å². The quantitative estimate of drug-likeness (QED) is 0.591. The van der Waals surface area contributed by atoms with Crippen molar-refractivity contribution in [2.24, 2.45) is 0 Å². The van der Waals surface area contributed by atoms with Gasteiger partial charge in [0.25, 0.3) is 5.91 Å². The van der Waals surface area contributed by atoms with Crippen LogP contribution in [0.25, 0.3) is 21.7 Å². The van der Waals surface area contributed by atoms with E-state index in [1.807, 2.05) is 6.07 Å². The largest absolute Gasteiger partial charge is 0.492 e. The molecule has 142 valence electrons. The highest BCUT2D eigenvalue weighted by Gasteiger charge is 2.21. The standard InChI is InChI=1S/C18H20N4O4S/c1-22(7-8-26-10-9-25-2)18(24)12-11-27-15-14(12)20-16(21-17(15)23)13-5-3-4-6-19-13/h3-6,11H,7-10H2,1-2H3,(H,20,21,23). The Labute approximate surface area is 160 Å². The highest BCUT2D eigenvalue weighted by Crippen LogP contribution is 2.32. The van der Waals surface area contributed by atoms with Gasteiger partial charge >= 0.3 is 0 Å². The van der Waals surface area contributed by atoms with Gasteiger partial charge in [0.1, 0.15) is 15.9 Å². The van der Waals surface area contributed by atoms with Crippen molar-refractivity contribution < 1.29 is 19.4 Å². The van der Waals surface area contributed by atoms with Crippen molar-refractivity contribution in [3.63, 3.8) is 0 Å². The summed E-state index contributed by atoms with van der Waals surface area (Å²) in [4.78, 5) is 27.1. The van der Waals surface area contributed by atoms with Gasteiger partial charge in [-0.25, -0.2) is 4.98 Å². The number of nitrogens with zero attached hydrogens (tertiary/aromatic N) is 4. The molecule has 3 rings (SSSR count). The average Bonchev–Trinajstić information content (AvgIpc) is 3.12. The van der Waals surface area contributed by atoms with Crippen molar-refractivity contribution in [3.05, 3.63) is 35.3 Å². The number of likely N-dealkylation sites (N-methyl/N-ethyl adjacent to an activating group) is 1. The molecule has 8 nitrogen and oxygen atoms in total. The summed E-state index contributed by atoms with van der Waals surface area (Å²) in [5, 5.41) is 11.9. The number of rotatable bonds is 8. The number of fused-ring (bicyclic) bond motifs is 1. The Morgan fingerprint density at radius 2 is 2.11 bits per heavy atom. The summed E-state index contributed by atoms with van der Waals surface area (Å²) >= 11 is 1.23. The van der Waals surface area contributed by atoms with E-state index in [-0.39, 0.29) is 17.6 Å². The zero-order chi connectivity index (χ0) is 19.2. The summed E-state index contributed by atoms with van der Waals surface area (Å²) in [7, 11) is 3.31. The van der Waals surface area contributed by atoms with Crippen LogP contribution in [0.4, 0.5) is 0 Å². The molecule has 0 saturated carbocycles. The second-order valence-electron chi connectivity index (χ2n) is 5.74. The van der Waals surface area contributed by atoms with Gasteiger partial charge < -0.3 is 19.5 Å². The smallest absolute Gasteiger partial charge is 0.256 e. The molecule has 0 aliphatic heterocycles. The molecule has 27 heavy (non-hydrogen) atoms. The van der Waals surface area contributed by atoms with Gasteiger partial charge in [0, 0.05) is 32.3 Å². The van der Waals surface area contributed by atoms with E-state index in [9.17, 15) is 9.90 Å². The monoisotopic (exact) mass is 388 g/mol. The second kappa shape index (κ2) is 8.85. The number of aromatic nitrogens is 3. The minimum Gasteiger partial charge on any atom is -0.492 e.